The summed E-state index contributed by atoms with van der Waals surface area (Å²) >= 11 is 0. The lowest BCUT2D eigenvalue weighted by Crippen LogP contribution is -2.13. The molecule has 1 aliphatic heterocycles. The Morgan fingerprint density at radius 2 is 2.17 bits per heavy atom. The molecule has 0 spiro atoms. The van der Waals surface area contributed by atoms with E-state index in [0.717, 1.165) is 30.8 Å². The number of rotatable bonds is 3. The quantitative estimate of drug-likeness (QED) is 0.861. The average Bonchev–Trinajstić information content (AvgIpc) is 3.09. The normalized spacial score (nSPS) is 21.1. The number of ether oxygens (including phenoxy) is 1. The molecule has 0 aliphatic carbocycles. The third-order valence-corrected chi connectivity index (χ3v) is 3.19. The van der Waals surface area contributed by atoms with E-state index in [0.29, 0.717) is 5.82 Å². The van der Waals surface area contributed by atoms with Gasteiger partial charge in [0.05, 0.1) is 6.04 Å². The Bertz CT molecular complexity index is 505. The summed E-state index contributed by atoms with van der Waals surface area (Å²) in [6, 6.07) is 9.55. The standard InChI is InChI=1S/C13H16N4O/c14-11(9-5-2-1-3-6-9)13-15-12(16-17-13)10-7-4-8-18-10/h1-3,5-6,10-11H,4,7-8,14H2,(H,15,16,17)/t10-,11+/m0/s1. The molecule has 3 N–H and O–H groups in total. The summed E-state index contributed by atoms with van der Waals surface area (Å²) in [6.45, 7) is 0.797. The van der Waals surface area contributed by atoms with Gasteiger partial charge >= 0.3 is 0 Å². The lowest BCUT2D eigenvalue weighted by atomic mass is 10.1. The Balaban J connectivity index is 1.80. The third-order valence-electron chi connectivity index (χ3n) is 3.19. The molecule has 0 radical (unpaired) electrons. The number of hydrogen-bond donors (Lipinski definition) is 2. The second kappa shape index (κ2) is 4.88. The van der Waals surface area contributed by atoms with Gasteiger partial charge in [-0.05, 0) is 18.4 Å². The fourth-order valence-corrected chi connectivity index (χ4v) is 2.17. The van der Waals surface area contributed by atoms with Crippen LogP contribution in [-0.4, -0.2) is 21.8 Å². The van der Waals surface area contributed by atoms with Gasteiger partial charge in [-0.25, -0.2) is 4.98 Å². The smallest absolute Gasteiger partial charge is 0.171 e. The van der Waals surface area contributed by atoms with E-state index in [1.165, 1.54) is 0 Å². The van der Waals surface area contributed by atoms with E-state index in [1.54, 1.807) is 0 Å². The van der Waals surface area contributed by atoms with Gasteiger partial charge in [-0.3, -0.25) is 5.10 Å². The molecule has 1 fully saturated rings. The number of nitrogens with one attached hydrogen (secondary N) is 1. The van der Waals surface area contributed by atoms with Gasteiger partial charge in [-0.1, -0.05) is 30.3 Å². The van der Waals surface area contributed by atoms with Crippen LogP contribution in [0.1, 0.15) is 42.2 Å². The number of H-pyrrole nitrogens is 1. The topological polar surface area (TPSA) is 76.8 Å². The fourth-order valence-electron chi connectivity index (χ4n) is 2.17. The first-order chi connectivity index (χ1) is 8.84. The van der Waals surface area contributed by atoms with Gasteiger partial charge in [-0.2, -0.15) is 5.10 Å². The Hall–Kier alpha value is -1.72. The van der Waals surface area contributed by atoms with Crippen molar-refractivity contribution in [3.63, 3.8) is 0 Å². The van der Waals surface area contributed by atoms with Crippen LogP contribution in [0, 0.1) is 0 Å². The predicted octanol–water partition coefficient (Wildman–Crippen LogP) is 1.70. The first-order valence-corrected chi connectivity index (χ1v) is 6.19. The minimum atomic E-state index is -0.294. The molecule has 5 heteroatoms. The van der Waals surface area contributed by atoms with Crippen LogP contribution in [-0.2, 0) is 4.74 Å². The molecule has 5 nitrogen and oxygen atoms in total. The predicted molar refractivity (Wildman–Crippen MR) is 66.8 cm³/mol. The summed E-state index contributed by atoms with van der Waals surface area (Å²) < 4.78 is 5.56. The highest BCUT2D eigenvalue weighted by atomic mass is 16.5. The Kier molecular flexibility index (Phi) is 3.08. The molecule has 0 amide bonds. The first-order valence-electron chi connectivity index (χ1n) is 6.19. The molecule has 18 heavy (non-hydrogen) atoms. The average molecular weight is 244 g/mol. The van der Waals surface area contributed by atoms with Crippen molar-refractivity contribution in [2.24, 2.45) is 5.73 Å². The van der Waals surface area contributed by atoms with Crippen LogP contribution in [0.2, 0.25) is 0 Å². The van der Waals surface area contributed by atoms with Gasteiger partial charge in [-0.15, -0.1) is 0 Å². The summed E-state index contributed by atoms with van der Waals surface area (Å²) in [5.74, 6) is 1.40. The van der Waals surface area contributed by atoms with Crippen LogP contribution in [0.15, 0.2) is 30.3 Å². The largest absolute Gasteiger partial charge is 0.370 e. The molecule has 1 aliphatic rings. The zero-order chi connectivity index (χ0) is 12.4. The molecule has 94 valence electrons. The highest BCUT2D eigenvalue weighted by Gasteiger charge is 2.23. The first kappa shape index (κ1) is 11.4. The Morgan fingerprint density at radius 3 is 2.89 bits per heavy atom. The minimum absolute atomic E-state index is 0.0502. The molecule has 2 heterocycles. The van der Waals surface area contributed by atoms with Gasteiger partial charge in [0.2, 0.25) is 0 Å². The molecule has 3 rings (SSSR count). The van der Waals surface area contributed by atoms with Gasteiger partial charge in [0.15, 0.2) is 11.6 Å². The van der Waals surface area contributed by atoms with E-state index in [9.17, 15) is 0 Å². The SMILES string of the molecule is N[C@H](c1ccccc1)c1n[nH]c([C@@H]2CCCO2)n1. The molecule has 0 bridgehead atoms. The van der Waals surface area contributed by atoms with Crippen molar-refractivity contribution in [1.29, 1.82) is 0 Å². The molecule has 1 aromatic heterocycles. The van der Waals surface area contributed by atoms with Gasteiger partial charge in [0, 0.05) is 6.61 Å². The molecule has 0 unspecified atom stereocenters. The molecular formula is C13H16N4O. The van der Waals surface area contributed by atoms with Crippen molar-refractivity contribution in [3.8, 4) is 0 Å². The van der Waals surface area contributed by atoms with Crippen LogP contribution >= 0.6 is 0 Å². The highest BCUT2D eigenvalue weighted by molar-refractivity contribution is 5.23. The minimum Gasteiger partial charge on any atom is -0.370 e. The van der Waals surface area contributed by atoms with Crippen LogP contribution in [0.25, 0.3) is 0 Å². The third kappa shape index (κ3) is 2.14. The van der Waals surface area contributed by atoms with Crippen molar-refractivity contribution in [2.45, 2.75) is 25.0 Å². The van der Waals surface area contributed by atoms with Gasteiger partial charge in [0.25, 0.3) is 0 Å². The van der Waals surface area contributed by atoms with E-state index in [2.05, 4.69) is 15.2 Å². The van der Waals surface area contributed by atoms with E-state index in [-0.39, 0.29) is 12.1 Å². The molecule has 2 atom stereocenters. The number of aromatic amines is 1. The number of aromatic nitrogens is 3. The number of benzene rings is 1. The zero-order valence-electron chi connectivity index (χ0n) is 10.0. The maximum atomic E-state index is 6.14. The van der Waals surface area contributed by atoms with E-state index < -0.39 is 0 Å². The van der Waals surface area contributed by atoms with Crippen molar-refractivity contribution >= 4 is 0 Å². The summed E-state index contributed by atoms with van der Waals surface area (Å²) in [5.41, 5.74) is 7.15. The molecule has 2 aromatic rings. The molecule has 1 saturated heterocycles. The second-order valence-electron chi connectivity index (χ2n) is 4.47. The van der Waals surface area contributed by atoms with Crippen molar-refractivity contribution in [1.82, 2.24) is 15.2 Å². The van der Waals surface area contributed by atoms with Crippen molar-refractivity contribution in [3.05, 3.63) is 47.5 Å². The van der Waals surface area contributed by atoms with Crippen LogP contribution in [0.5, 0.6) is 0 Å². The van der Waals surface area contributed by atoms with E-state index >= 15 is 0 Å². The van der Waals surface area contributed by atoms with Crippen LogP contribution in [0.4, 0.5) is 0 Å². The van der Waals surface area contributed by atoms with Crippen LogP contribution in [0.3, 0.4) is 0 Å². The second-order valence-corrected chi connectivity index (χ2v) is 4.47. The summed E-state index contributed by atoms with van der Waals surface area (Å²) in [6.07, 6.45) is 2.12. The number of nitrogens with two attached hydrogens (primary N) is 1. The Morgan fingerprint density at radius 1 is 1.33 bits per heavy atom. The molecular weight excluding hydrogens is 228 g/mol. The highest BCUT2D eigenvalue weighted by Crippen LogP contribution is 2.26. The monoisotopic (exact) mass is 244 g/mol. The van der Waals surface area contributed by atoms with Crippen LogP contribution < -0.4 is 5.73 Å². The van der Waals surface area contributed by atoms with Gasteiger partial charge < -0.3 is 10.5 Å². The summed E-state index contributed by atoms with van der Waals surface area (Å²) in [5, 5.41) is 7.13. The zero-order valence-corrected chi connectivity index (χ0v) is 10.0. The maximum absolute atomic E-state index is 6.14. The van der Waals surface area contributed by atoms with E-state index in [4.69, 9.17) is 10.5 Å². The molecule has 1 aromatic carbocycles. The molecule has 0 saturated carbocycles. The number of hydrogen-bond acceptors (Lipinski definition) is 4. The van der Waals surface area contributed by atoms with Gasteiger partial charge in [0.1, 0.15) is 6.10 Å². The Labute approximate surface area is 105 Å². The fraction of sp³-hybridized carbons (Fsp3) is 0.385. The summed E-state index contributed by atoms with van der Waals surface area (Å²) in [4.78, 5) is 4.45. The van der Waals surface area contributed by atoms with Crippen molar-refractivity contribution < 1.29 is 4.74 Å². The lowest BCUT2D eigenvalue weighted by Gasteiger charge is -2.07. The maximum Gasteiger partial charge on any atom is 0.171 e. The van der Waals surface area contributed by atoms with E-state index in [1.807, 2.05) is 30.3 Å². The lowest BCUT2D eigenvalue weighted by molar-refractivity contribution is 0.105. The van der Waals surface area contributed by atoms with Crippen molar-refractivity contribution in [2.75, 3.05) is 6.61 Å². The number of nitrogens with zero attached hydrogens (tertiary/aromatic N) is 2. The summed E-state index contributed by atoms with van der Waals surface area (Å²) in [7, 11) is 0.